The minimum Gasteiger partial charge on any atom is -0.383 e. The van der Waals surface area contributed by atoms with E-state index in [0.717, 1.165) is 24.4 Å². The maximum Gasteiger partial charge on any atom is 0.233 e. The van der Waals surface area contributed by atoms with Gasteiger partial charge in [0.1, 0.15) is 5.82 Å². The summed E-state index contributed by atoms with van der Waals surface area (Å²) in [4.78, 5) is 17.1. The van der Waals surface area contributed by atoms with Crippen molar-refractivity contribution >= 4 is 17.7 Å². The van der Waals surface area contributed by atoms with Crippen LogP contribution in [0.3, 0.4) is 0 Å². The van der Waals surface area contributed by atoms with Crippen LogP contribution in [0, 0.1) is 0 Å². The number of nitrogens with one attached hydrogen (secondary N) is 1. The van der Waals surface area contributed by atoms with Gasteiger partial charge in [-0.1, -0.05) is 49.2 Å². The zero-order valence-corrected chi connectivity index (χ0v) is 16.9. The van der Waals surface area contributed by atoms with Gasteiger partial charge in [-0.05, 0) is 31.9 Å². The molecule has 1 fully saturated rings. The first-order chi connectivity index (χ1) is 13.2. The highest BCUT2D eigenvalue weighted by Crippen LogP contribution is 2.34. The fourth-order valence-electron chi connectivity index (χ4n) is 3.37. The highest BCUT2D eigenvalue weighted by molar-refractivity contribution is 8.00. The molecule has 2 aromatic rings. The van der Waals surface area contributed by atoms with Crippen molar-refractivity contribution in [2.24, 2.45) is 0 Å². The first-order valence-corrected chi connectivity index (χ1v) is 10.5. The second-order valence-corrected chi connectivity index (χ2v) is 8.19. The molecule has 0 saturated heterocycles. The van der Waals surface area contributed by atoms with E-state index in [1.165, 1.54) is 31.0 Å². The number of nitrogens with zero attached hydrogens (tertiary/aromatic N) is 3. The molecule has 0 radical (unpaired) electrons. The van der Waals surface area contributed by atoms with Gasteiger partial charge in [0.05, 0.1) is 17.5 Å². The summed E-state index contributed by atoms with van der Waals surface area (Å²) in [5.74, 6) is 1.44. The van der Waals surface area contributed by atoms with Crippen molar-refractivity contribution in [1.82, 2.24) is 20.1 Å². The van der Waals surface area contributed by atoms with E-state index in [9.17, 15) is 4.79 Å². The maximum atomic E-state index is 12.2. The monoisotopic (exact) mass is 388 g/mol. The van der Waals surface area contributed by atoms with Gasteiger partial charge >= 0.3 is 0 Å². The summed E-state index contributed by atoms with van der Waals surface area (Å²) in [6.07, 6.45) is 6.10. The number of thioether (sulfide) groups is 1. The predicted octanol–water partition coefficient (Wildman–Crippen LogP) is 3.56. The summed E-state index contributed by atoms with van der Waals surface area (Å²) < 4.78 is 6.94. The third-order valence-electron chi connectivity index (χ3n) is 4.84. The molecule has 1 saturated carbocycles. The Balaban J connectivity index is 1.77. The number of ether oxygens (including phenoxy) is 1. The molecular weight excluding hydrogens is 360 g/mol. The molecule has 1 aliphatic carbocycles. The number of carbonyl (C=O) groups is 1. The lowest BCUT2D eigenvalue weighted by molar-refractivity contribution is -0.120. The summed E-state index contributed by atoms with van der Waals surface area (Å²) >= 11 is 1.41. The fraction of sp³-hybridized carbons (Fsp3) is 0.550. The average Bonchev–Trinajstić information content (AvgIpc) is 3.13. The predicted molar refractivity (Wildman–Crippen MR) is 107 cm³/mol. The highest BCUT2D eigenvalue weighted by atomic mass is 32.2. The number of hydrogen-bond donors (Lipinski definition) is 1. The Morgan fingerprint density at radius 2 is 2.04 bits per heavy atom. The van der Waals surface area contributed by atoms with Crippen LogP contribution in [0.2, 0.25) is 0 Å². The van der Waals surface area contributed by atoms with E-state index in [0.29, 0.717) is 24.2 Å². The normalized spacial score (nSPS) is 16.2. The molecule has 0 aliphatic heterocycles. The Bertz CT molecular complexity index is 729. The van der Waals surface area contributed by atoms with Crippen molar-refractivity contribution in [1.29, 1.82) is 0 Å². The zero-order chi connectivity index (χ0) is 19.1. The first-order valence-electron chi connectivity index (χ1n) is 9.64. The first kappa shape index (κ1) is 19.9. The largest absolute Gasteiger partial charge is 0.383 e. The molecule has 1 atom stereocenters. The van der Waals surface area contributed by atoms with Gasteiger partial charge in [-0.25, -0.2) is 9.67 Å². The lowest BCUT2D eigenvalue weighted by atomic mass is 9.88. The third kappa shape index (κ3) is 5.32. The van der Waals surface area contributed by atoms with E-state index < -0.39 is 0 Å². The Morgan fingerprint density at radius 1 is 1.30 bits per heavy atom. The number of carbonyl (C=O) groups excluding carboxylic acids is 1. The number of rotatable bonds is 8. The summed E-state index contributed by atoms with van der Waals surface area (Å²) in [5, 5.41) is 8.02. The van der Waals surface area contributed by atoms with Crippen molar-refractivity contribution in [3.05, 3.63) is 36.2 Å². The smallest absolute Gasteiger partial charge is 0.233 e. The van der Waals surface area contributed by atoms with Gasteiger partial charge in [-0.3, -0.25) is 4.79 Å². The van der Waals surface area contributed by atoms with Crippen LogP contribution < -0.4 is 5.32 Å². The van der Waals surface area contributed by atoms with E-state index >= 15 is 0 Å². The minimum absolute atomic E-state index is 0.0210. The molecule has 1 aromatic carbocycles. The maximum absolute atomic E-state index is 12.2. The Hall–Kier alpha value is -1.86. The number of methoxy groups -OCH3 is 1. The molecule has 146 valence electrons. The molecule has 1 aliphatic rings. The molecule has 1 heterocycles. The van der Waals surface area contributed by atoms with Gasteiger partial charge in [0.25, 0.3) is 0 Å². The Labute approximate surface area is 165 Å². The van der Waals surface area contributed by atoms with Crippen molar-refractivity contribution in [2.75, 3.05) is 20.3 Å². The summed E-state index contributed by atoms with van der Waals surface area (Å²) in [6.45, 7) is 2.91. The van der Waals surface area contributed by atoms with Crippen molar-refractivity contribution in [3.63, 3.8) is 0 Å². The van der Waals surface area contributed by atoms with Crippen LogP contribution in [-0.2, 0) is 9.53 Å². The summed E-state index contributed by atoms with van der Waals surface area (Å²) in [7, 11) is 1.62. The minimum atomic E-state index is -0.257. The second kappa shape index (κ2) is 9.90. The molecule has 3 rings (SSSR count). The number of aromatic nitrogens is 3. The van der Waals surface area contributed by atoms with Crippen LogP contribution in [0.1, 0.15) is 50.8 Å². The number of amides is 1. The van der Waals surface area contributed by atoms with Crippen LogP contribution in [0.25, 0.3) is 5.69 Å². The third-order valence-corrected chi connectivity index (χ3v) is 5.79. The average molecular weight is 389 g/mol. The molecule has 1 amide bonds. The van der Waals surface area contributed by atoms with Crippen LogP contribution in [0.15, 0.2) is 35.5 Å². The molecule has 1 aromatic heterocycles. The van der Waals surface area contributed by atoms with Crippen LogP contribution >= 0.6 is 11.8 Å². The number of hydrogen-bond acceptors (Lipinski definition) is 5. The highest BCUT2D eigenvalue weighted by Gasteiger charge is 2.25. The van der Waals surface area contributed by atoms with Gasteiger partial charge in [-0.2, -0.15) is 0 Å². The van der Waals surface area contributed by atoms with Gasteiger partial charge in [0, 0.05) is 19.6 Å². The van der Waals surface area contributed by atoms with Crippen LogP contribution in [0.5, 0.6) is 0 Å². The number of para-hydroxylation sites is 1. The van der Waals surface area contributed by atoms with E-state index in [1.807, 2.05) is 29.8 Å². The van der Waals surface area contributed by atoms with Crippen LogP contribution in [0.4, 0.5) is 0 Å². The molecule has 0 unspecified atom stereocenters. The molecule has 7 heteroatoms. The van der Waals surface area contributed by atoms with Crippen molar-refractivity contribution < 1.29 is 9.53 Å². The molecular formula is C20H28N4O2S. The second-order valence-electron chi connectivity index (χ2n) is 6.88. The molecule has 0 spiro atoms. The quantitative estimate of drug-likeness (QED) is 0.553. The molecule has 0 bridgehead atoms. The van der Waals surface area contributed by atoms with E-state index in [-0.39, 0.29) is 11.2 Å². The van der Waals surface area contributed by atoms with Crippen molar-refractivity contribution in [3.8, 4) is 5.69 Å². The lowest BCUT2D eigenvalue weighted by Gasteiger charge is -2.21. The molecule has 1 N–H and O–H groups in total. The fourth-order valence-corrected chi connectivity index (χ4v) is 4.15. The van der Waals surface area contributed by atoms with E-state index in [2.05, 4.69) is 17.4 Å². The summed E-state index contributed by atoms with van der Waals surface area (Å²) in [5.41, 5.74) is 1.02. The van der Waals surface area contributed by atoms with Gasteiger partial charge in [0.15, 0.2) is 0 Å². The lowest BCUT2D eigenvalue weighted by Crippen LogP contribution is -2.33. The van der Waals surface area contributed by atoms with Gasteiger partial charge < -0.3 is 10.1 Å². The van der Waals surface area contributed by atoms with Crippen molar-refractivity contribution in [2.45, 2.75) is 55.4 Å². The standard InChI is InChI=1S/C20H28N4O2S/c1-15(19(25)21-13-14-26-2)27-20-22-18(16-9-5-3-6-10-16)24(23-20)17-11-7-4-8-12-17/h4,7-8,11-12,15-16H,3,5-6,9-10,13-14H2,1-2H3,(H,21,25)/t15-/m1/s1. The number of benzene rings is 1. The van der Waals surface area contributed by atoms with E-state index in [4.69, 9.17) is 14.8 Å². The Kier molecular flexibility index (Phi) is 7.29. The zero-order valence-electron chi connectivity index (χ0n) is 16.1. The van der Waals surface area contributed by atoms with Gasteiger partial charge in [-0.15, -0.1) is 5.10 Å². The van der Waals surface area contributed by atoms with Crippen LogP contribution in [-0.4, -0.2) is 46.2 Å². The Morgan fingerprint density at radius 3 is 2.74 bits per heavy atom. The van der Waals surface area contributed by atoms with Gasteiger partial charge in [0.2, 0.25) is 11.1 Å². The molecule has 27 heavy (non-hydrogen) atoms. The summed E-state index contributed by atoms with van der Waals surface area (Å²) in [6, 6.07) is 10.1. The SMILES string of the molecule is COCCNC(=O)[C@@H](C)Sc1nc(C2CCCCC2)n(-c2ccccc2)n1. The topological polar surface area (TPSA) is 69.0 Å². The molecule has 6 nitrogen and oxygen atoms in total. The van der Waals surface area contributed by atoms with E-state index in [1.54, 1.807) is 7.11 Å².